The maximum absolute atomic E-state index is 13.9. The predicted octanol–water partition coefficient (Wildman–Crippen LogP) is 2.81. The number of rotatable bonds is 6. The van der Waals surface area contributed by atoms with Gasteiger partial charge in [-0.15, -0.1) is 0 Å². The third-order valence-electron chi connectivity index (χ3n) is 4.31. The van der Waals surface area contributed by atoms with E-state index in [1.165, 1.54) is 12.1 Å². The maximum atomic E-state index is 13.9. The van der Waals surface area contributed by atoms with Crippen LogP contribution in [0.15, 0.2) is 36.7 Å². The minimum absolute atomic E-state index is 0.326. The first kappa shape index (κ1) is 15.9. The fourth-order valence-corrected chi connectivity index (χ4v) is 3.10. The number of hydrogen-bond acceptors (Lipinski definition) is 3. The summed E-state index contributed by atoms with van der Waals surface area (Å²) < 4.78 is 28.8. The highest BCUT2D eigenvalue weighted by Gasteiger charge is 2.25. The summed E-state index contributed by atoms with van der Waals surface area (Å²) in [6, 6.07) is 6.39. The summed E-state index contributed by atoms with van der Waals surface area (Å²) in [5.74, 6) is -1.02. The van der Waals surface area contributed by atoms with E-state index in [9.17, 15) is 8.78 Å². The second-order valence-electron chi connectivity index (χ2n) is 6.15. The van der Waals surface area contributed by atoms with E-state index < -0.39 is 11.6 Å². The van der Waals surface area contributed by atoms with Crippen LogP contribution in [0.5, 0.6) is 0 Å². The molecule has 2 aromatic rings. The van der Waals surface area contributed by atoms with Crippen molar-refractivity contribution in [1.29, 1.82) is 0 Å². The van der Waals surface area contributed by atoms with E-state index in [1.54, 1.807) is 6.20 Å². The molecule has 0 bridgehead atoms. The lowest BCUT2D eigenvalue weighted by Crippen LogP contribution is -2.39. The second kappa shape index (κ2) is 7.08. The average Bonchev–Trinajstić information content (AvgIpc) is 3.17. The van der Waals surface area contributed by atoms with E-state index in [0.717, 1.165) is 38.5 Å². The van der Waals surface area contributed by atoms with Gasteiger partial charge in [-0.05, 0) is 38.0 Å². The molecule has 1 saturated heterocycles. The molecule has 6 heteroatoms. The molecule has 1 aliphatic heterocycles. The van der Waals surface area contributed by atoms with Gasteiger partial charge in [0.15, 0.2) is 0 Å². The van der Waals surface area contributed by atoms with Crippen molar-refractivity contribution >= 4 is 5.69 Å². The summed E-state index contributed by atoms with van der Waals surface area (Å²) in [4.78, 5) is 1.98. The third kappa shape index (κ3) is 4.07. The van der Waals surface area contributed by atoms with Gasteiger partial charge in [0.05, 0.1) is 5.69 Å². The van der Waals surface area contributed by atoms with Crippen molar-refractivity contribution in [2.24, 2.45) is 0 Å². The van der Waals surface area contributed by atoms with Crippen LogP contribution >= 0.6 is 0 Å². The lowest BCUT2D eigenvalue weighted by Gasteiger charge is -2.22. The van der Waals surface area contributed by atoms with Crippen LogP contribution in [0.25, 0.3) is 0 Å². The molecule has 1 N–H and O–H groups in total. The molecule has 0 aliphatic carbocycles. The Morgan fingerprint density at radius 3 is 3.00 bits per heavy atom. The molecule has 124 valence electrons. The predicted molar refractivity (Wildman–Crippen MR) is 86.4 cm³/mol. The Morgan fingerprint density at radius 1 is 1.39 bits per heavy atom. The van der Waals surface area contributed by atoms with E-state index in [-0.39, 0.29) is 0 Å². The highest BCUT2D eigenvalue weighted by molar-refractivity contribution is 5.49. The van der Waals surface area contributed by atoms with Crippen LogP contribution in [-0.4, -0.2) is 35.0 Å². The molecule has 2 atom stereocenters. The van der Waals surface area contributed by atoms with Crippen LogP contribution < -0.4 is 10.2 Å². The van der Waals surface area contributed by atoms with Crippen molar-refractivity contribution in [2.45, 2.75) is 38.4 Å². The molecule has 23 heavy (non-hydrogen) atoms. The van der Waals surface area contributed by atoms with Gasteiger partial charge in [0, 0.05) is 50.2 Å². The van der Waals surface area contributed by atoms with Crippen molar-refractivity contribution in [2.75, 3.05) is 18.0 Å². The Morgan fingerprint density at radius 2 is 2.26 bits per heavy atom. The van der Waals surface area contributed by atoms with Gasteiger partial charge in [-0.2, -0.15) is 5.10 Å². The van der Waals surface area contributed by atoms with Crippen LogP contribution in [0.3, 0.4) is 0 Å². The van der Waals surface area contributed by atoms with Crippen LogP contribution in [0.1, 0.15) is 19.8 Å². The first-order chi connectivity index (χ1) is 11.1. The van der Waals surface area contributed by atoms with Crippen LogP contribution in [0.2, 0.25) is 0 Å². The average molecular weight is 320 g/mol. The minimum Gasteiger partial charge on any atom is -0.368 e. The summed E-state index contributed by atoms with van der Waals surface area (Å²) in [5, 5.41) is 7.79. The van der Waals surface area contributed by atoms with Gasteiger partial charge in [-0.25, -0.2) is 8.78 Å². The molecular formula is C17H22F2N4. The van der Waals surface area contributed by atoms with Gasteiger partial charge in [0.25, 0.3) is 0 Å². The highest BCUT2D eigenvalue weighted by Crippen LogP contribution is 2.24. The zero-order valence-electron chi connectivity index (χ0n) is 13.3. The van der Waals surface area contributed by atoms with Crippen molar-refractivity contribution in [3.05, 3.63) is 48.3 Å². The molecule has 1 fully saturated rings. The SMILES string of the molecule is C[C@H](CCn1cccn1)N[C@@H]1CCN(c2ccc(F)cc2F)C1. The Balaban J connectivity index is 1.49. The number of halogens is 2. The van der Waals surface area contributed by atoms with Gasteiger partial charge in [0.1, 0.15) is 11.6 Å². The van der Waals surface area contributed by atoms with E-state index in [0.29, 0.717) is 17.8 Å². The third-order valence-corrected chi connectivity index (χ3v) is 4.31. The standard InChI is InChI=1S/C17H22F2N4/c1-13(5-10-23-8-2-7-20-23)21-15-6-9-22(12-15)17-4-3-14(18)11-16(17)19/h2-4,7-8,11,13,15,21H,5-6,9-10,12H2,1H3/t13-,15-/m1/s1. The van der Waals surface area contributed by atoms with E-state index in [2.05, 4.69) is 17.3 Å². The zero-order chi connectivity index (χ0) is 16.2. The molecular weight excluding hydrogens is 298 g/mol. The zero-order valence-corrected chi connectivity index (χ0v) is 13.3. The summed E-state index contributed by atoms with van der Waals surface area (Å²) in [5.41, 5.74) is 0.486. The summed E-state index contributed by atoms with van der Waals surface area (Å²) in [6.07, 6.45) is 5.69. The van der Waals surface area contributed by atoms with Crippen molar-refractivity contribution < 1.29 is 8.78 Å². The molecule has 4 nitrogen and oxygen atoms in total. The first-order valence-electron chi connectivity index (χ1n) is 8.05. The number of anilines is 1. The molecule has 3 rings (SSSR count). The summed E-state index contributed by atoms with van der Waals surface area (Å²) >= 11 is 0. The molecule has 1 aliphatic rings. The molecule has 1 aromatic carbocycles. The van der Waals surface area contributed by atoms with E-state index in [1.807, 2.05) is 21.8 Å². The van der Waals surface area contributed by atoms with E-state index >= 15 is 0 Å². The van der Waals surface area contributed by atoms with E-state index in [4.69, 9.17) is 0 Å². The molecule has 0 amide bonds. The summed E-state index contributed by atoms with van der Waals surface area (Å²) in [7, 11) is 0. The lowest BCUT2D eigenvalue weighted by molar-refractivity contribution is 0.415. The van der Waals surface area contributed by atoms with Gasteiger partial charge < -0.3 is 10.2 Å². The smallest absolute Gasteiger partial charge is 0.149 e. The van der Waals surface area contributed by atoms with Crippen LogP contribution in [0, 0.1) is 11.6 Å². The fraction of sp³-hybridized carbons (Fsp3) is 0.471. The monoisotopic (exact) mass is 320 g/mol. The lowest BCUT2D eigenvalue weighted by atomic mass is 10.2. The topological polar surface area (TPSA) is 33.1 Å². The number of aryl methyl sites for hydroxylation is 1. The Labute approximate surface area is 135 Å². The van der Waals surface area contributed by atoms with Crippen LogP contribution in [0.4, 0.5) is 14.5 Å². The van der Waals surface area contributed by atoms with Gasteiger partial charge in [0.2, 0.25) is 0 Å². The molecule has 0 unspecified atom stereocenters. The Bertz CT molecular complexity index is 630. The largest absolute Gasteiger partial charge is 0.368 e. The summed E-state index contributed by atoms with van der Waals surface area (Å²) in [6.45, 7) is 4.57. The number of nitrogens with one attached hydrogen (secondary N) is 1. The first-order valence-corrected chi connectivity index (χ1v) is 8.05. The van der Waals surface area contributed by atoms with Crippen LogP contribution in [-0.2, 0) is 6.54 Å². The van der Waals surface area contributed by atoms with Crippen molar-refractivity contribution in [1.82, 2.24) is 15.1 Å². The number of nitrogens with zero attached hydrogens (tertiary/aromatic N) is 3. The molecule has 0 spiro atoms. The number of hydrogen-bond donors (Lipinski definition) is 1. The Kier molecular flexibility index (Phi) is 4.91. The maximum Gasteiger partial charge on any atom is 0.149 e. The molecule has 0 saturated carbocycles. The normalized spacial score (nSPS) is 19.3. The molecule has 2 heterocycles. The minimum atomic E-state index is -0.535. The quantitative estimate of drug-likeness (QED) is 0.888. The molecule has 1 aromatic heterocycles. The van der Waals surface area contributed by atoms with Gasteiger partial charge in [-0.3, -0.25) is 4.68 Å². The number of benzene rings is 1. The highest BCUT2D eigenvalue weighted by atomic mass is 19.1. The van der Waals surface area contributed by atoms with Crippen molar-refractivity contribution in [3.63, 3.8) is 0 Å². The Hall–Kier alpha value is -1.95. The molecule has 0 radical (unpaired) electrons. The van der Waals surface area contributed by atoms with Gasteiger partial charge >= 0.3 is 0 Å². The van der Waals surface area contributed by atoms with Gasteiger partial charge in [-0.1, -0.05) is 0 Å². The number of aromatic nitrogens is 2. The fourth-order valence-electron chi connectivity index (χ4n) is 3.10. The second-order valence-corrected chi connectivity index (χ2v) is 6.15. The van der Waals surface area contributed by atoms with Crippen molar-refractivity contribution in [3.8, 4) is 0 Å².